The molecule has 1 aliphatic heterocycles. The molecular formula is C20H34N3O4S+. The van der Waals surface area contributed by atoms with Gasteiger partial charge >= 0.3 is 0 Å². The smallest absolute Gasteiger partial charge is 0.279 e. The fraction of sp³-hybridized carbons (Fsp3) is 0.650. The Hall–Kier alpha value is -1.64. The predicted molar refractivity (Wildman–Crippen MR) is 110 cm³/mol. The van der Waals surface area contributed by atoms with Crippen molar-refractivity contribution in [1.82, 2.24) is 4.31 Å². The van der Waals surface area contributed by atoms with Crippen molar-refractivity contribution in [2.75, 3.05) is 44.6 Å². The molecule has 0 aliphatic carbocycles. The molecule has 1 aromatic rings. The number of ether oxygens (including phenoxy) is 1. The molecule has 2 rings (SSSR count). The van der Waals surface area contributed by atoms with Crippen LogP contribution in [-0.2, 0) is 14.8 Å². The van der Waals surface area contributed by atoms with E-state index < -0.39 is 10.0 Å². The van der Waals surface area contributed by atoms with Crippen molar-refractivity contribution in [1.29, 1.82) is 0 Å². The van der Waals surface area contributed by atoms with Crippen LogP contribution in [0.15, 0.2) is 23.1 Å². The second-order valence-electron chi connectivity index (χ2n) is 7.07. The van der Waals surface area contributed by atoms with Gasteiger partial charge in [-0.05, 0) is 50.8 Å². The number of carbonyl (C=O) groups excluding carboxylic acids is 1. The maximum Gasteiger partial charge on any atom is 0.279 e. The molecule has 1 heterocycles. The Kier molecular flexibility index (Phi) is 8.72. The van der Waals surface area contributed by atoms with Crippen molar-refractivity contribution in [2.24, 2.45) is 0 Å². The molecule has 8 heteroatoms. The lowest BCUT2D eigenvalue weighted by atomic mass is 10.2. The first-order valence-corrected chi connectivity index (χ1v) is 11.8. The molecular weight excluding hydrogens is 378 g/mol. The van der Waals surface area contributed by atoms with Crippen LogP contribution in [0.1, 0.15) is 46.5 Å². The zero-order valence-corrected chi connectivity index (χ0v) is 18.1. The average molecular weight is 413 g/mol. The van der Waals surface area contributed by atoms with Gasteiger partial charge in [0.15, 0.2) is 6.54 Å². The molecule has 1 aromatic carbocycles. The first kappa shape index (κ1) is 22.6. The van der Waals surface area contributed by atoms with E-state index >= 15 is 0 Å². The highest BCUT2D eigenvalue weighted by molar-refractivity contribution is 7.89. The molecule has 0 aromatic heterocycles. The second-order valence-corrected chi connectivity index (χ2v) is 9.01. The number of hydrogen-bond acceptors (Lipinski definition) is 4. The van der Waals surface area contributed by atoms with Crippen LogP contribution in [-0.4, -0.2) is 58.0 Å². The number of amides is 1. The van der Waals surface area contributed by atoms with Crippen molar-refractivity contribution in [3.05, 3.63) is 18.2 Å². The second kappa shape index (κ2) is 10.8. The summed E-state index contributed by atoms with van der Waals surface area (Å²) in [5.41, 5.74) is 0.411. The average Bonchev–Trinajstić information content (AvgIpc) is 2.92. The number of sulfonamides is 1. The summed E-state index contributed by atoms with van der Waals surface area (Å²) in [6.07, 6.45) is 4.74. The van der Waals surface area contributed by atoms with Crippen molar-refractivity contribution < 1.29 is 22.8 Å². The van der Waals surface area contributed by atoms with E-state index in [2.05, 4.69) is 5.32 Å². The van der Waals surface area contributed by atoms with Crippen LogP contribution in [0.2, 0.25) is 0 Å². The molecule has 28 heavy (non-hydrogen) atoms. The van der Waals surface area contributed by atoms with Crippen molar-refractivity contribution >= 4 is 21.6 Å². The Labute approximate surface area is 169 Å². The number of rotatable bonds is 9. The Balaban J connectivity index is 2.21. The highest BCUT2D eigenvalue weighted by Gasteiger charge is 2.24. The van der Waals surface area contributed by atoms with Crippen molar-refractivity contribution in [3.63, 3.8) is 0 Å². The summed E-state index contributed by atoms with van der Waals surface area (Å²) in [6.45, 7) is 9.08. The summed E-state index contributed by atoms with van der Waals surface area (Å²) in [4.78, 5) is 14.1. The van der Waals surface area contributed by atoms with Gasteiger partial charge in [-0.2, -0.15) is 4.31 Å². The third-order valence-corrected chi connectivity index (χ3v) is 7.14. The summed E-state index contributed by atoms with van der Waals surface area (Å²) in [7, 11) is -3.60. The van der Waals surface area contributed by atoms with Gasteiger partial charge in [-0.25, -0.2) is 8.42 Å². The summed E-state index contributed by atoms with van der Waals surface area (Å²) in [6, 6.07) is 4.66. The number of quaternary nitrogens is 1. The van der Waals surface area contributed by atoms with E-state index in [1.165, 1.54) is 34.2 Å². The Morgan fingerprint density at radius 3 is 2.32 bits per heavy atom. The minimum absolute atomic E-state index is 0.116. The summed E-state index contributed by atoms with van der Waals surface area (Å²) >= 11 is 0. The van der Waals surface area contributed by atoms with Gasteiger partial charge in [-0.3, -0.25) is 4.79 Å². The number of carbonyl (C=O) groups is 1. The van der Waals surface area contributed by atoms with E-state index in [4.69, 9.17) is 4.74 Å². The van der Waals surface area contributed by atoms with E-state index in [1.54, 1.807) is 6.07 Å². The lowest BCUT2D eigenvalue weighted by Gasteiger charge is -2.20. The van der Waals surface area contributed by atoms with Gasteiger partial charge in [0.2, 0.25) is 10.0 Å². The van der Waals surface area contributed by atoms with E-state index in [1.807, 2.05) is 20.8 Å². The van der Waals surface area contributed by atoms with Gasteiger partial charge in [-0.15, -0.1) is 0 Å². The molecule has 0 saturated carbocycles. The van der Waals surface area contributed by atoms with Gasteiger partial charge in [0.25, 0.3) is 5.91 Å². The van der Waals surface area contributed by atoms with E-state index in [0.29, 0.717) is 37.7 Å². The molecule has 1 fully saturated rings. The number of benzene rings is 1. The molecule has 0 bridgehead atoms. The monoisotopic (exact) mass is 412 g/mol. The molecule has 0 spiro atoms. The molecule has 0 radical (unpaired) electrons. The lowest BCUT2D eigenvalue weighted by molar-refractivity contribution is -0.890. The lowest BCUT2D eigenvalue weighted by Crippen LogP contribution is -3.12. The van der Waals surface area contributed by atoms with Gasteiger partial charge in [0, 0.05) is 13.1 Å². The zero-order chi connectivity index (χ0) is 20.6. The fourth-order valence-corrected chi connectivity index (χ4v) is 5.07. The number of hydrogen-bond donors (Lipinski definition) is 2. The number of anilines is 1. The van der Waals surface area contributed by atoms with Crippen LogP contribution < -0.4 is 15.0 Å². The quantitative estimate of drug-likeness (QED) is 0.644. The van der Waals surface area contributed by atoms with Crippen LogP contribution in [0.3, 0.4) is 0 Å². The molecule has 0 atom stereocenters. The number of nitrogens with one attached hydrogen (secondary N) is 2. The molecule has 1 amide bonds. The zero-order valence-electron chi connectivity index (χ0n) is 17.3. The standard InChI is InChI=1S/C20H33N3O4S/c1-4-23(5-2)28(25,26)17-11-12-19(27-6-3)18(15-17)21-20(24)16-22-13-9-7-8-10-14-22/h11-12,15H,4-10,13-14,16H2,1-3H3,(H,21,24)/p+1. The van der Waals surface area contributed by atoms with Crippen LogP contribution in [0.25, 0.3) is 0 Å². The Morgan fingerprint density at radius 1 is 1.11 bits per heavy atom. The third kappa shape index (κ3) is 5.93. The normalized spacial score (nSPS) is 16.0. The third-order valence-electron chi connectivity index (χ3n) is 5.09. The maximum absolute atomic E-state index is 12.8. The topological polar surface area (TPSA) is 80.2 Å². The SMILES string of the molecule is CCOc1ccc(S(=O)(=O)N(CC)CC)cc1NC(=O)C[NH+]1CCCCCC1. The van der Waals surface area contributed by atoms with Gasteiger partial charge in [-0.1, -0.05) is 13.8 Å². The summed E-state index contributed by atoms with van der Waals surface area (Å²) in [5.74, 6) is 0.371. The van der Waals surface area contributed by atoms with Gasteiger partial charge in [0.1, 0.15) is 5.75 Å². The number of nitrogens with zero attached hydrogens (tertiary/aromatic N) is 1. The first-order chi connectivity index (χ1) is 13.4. The molecule has 158 valence electrons. The molecule has 7 nitrogen and oxygen atoms in total. The Morgan fingerprint density at radius 2 is 1.75 bits per heavy atom. The fourth-order valence-electron chi connectivity index (χ4n) is 3.59. The van der Waals surface area contributed by atoms with Gasteiger partial charge in [0.05, 0.1) is 30.3 Å². The molecule has 1 saturated heterocycles. The molecule has 2 N–H and O–H groups in total. The van der Waals surface area contributed by atoms with E-state index in [-0.39, 0.29) is 10.8 Å². The predicted octanol–water partition coefficient (Wildman–Crippen LogP) is 1.51. The largest absolute Gasteiger partial charge is 0.492 e. The van der Waals surface area contributed by atoms with Gasteiger partial charge < -0.3 is 15.0 Å². The van der Waals surface area contributed by atoms with Crippen molar-refractivity contribution in [3.8, 4) is 5.75 Å². The highest BCUT2D eigenvalue weighted by Crippen LogP contribution is 2.29. The van der Waals surface area contributed by atoms with Crippen LogP contribution in [0.4, 0.5) is 5.69 Å². The Bertz CT molecular complexity index is 740. The molecule has 0 unspecified atom stereocenters. The minimum Gasteiger partial charge on any atom is -0.492 e. The van der Waals surface area contributed by atoms with Crippen LogP contribution in [0, 0.1) is 0 Å². The summed E-state index contributed by atoms with van der Waals surface area (Å²) in [5, 5.41) is 2.88. The van der Waals surface area contributed by atoms with Crippen LogP contribution >= 0.6 is 0 Å². The minimum atomic E-state index is -3.60. The van der Waals surface area contributed by atoms with Crippen molar-refractivity contribution in [2.45, 2.75) is 51.3 Å². The molecule has 1 aliphatic rings. The first-order valence-electron chi connectivity index (χ1n) is 10.3. The van der Waals surface area contributed by atoms with E-state index in [0.717, 1.165) is 25.9 Å². The highest BCUT2D eigenvalue weighted by atomic mass is 32.2. The van der Waals surface area contributed by atoms with E-state index in [9.17, 15) is 13.2 Å². The summed E-state index contributed by atoms with van der Waals surface area (Å²) < 4.78 is 32.6. The van der Waals surface area contributed by atoms with Crippen LogP contribution in [0.5, 0.6) is 5.75 Å². The number of likely N-dealkylation sites (tertiary alicyclic amines) is 1. The maximum atomic E-state index is 12.8.